The fourth-order valence-electron chi connectivity index (χ4n) is 5.60. The van der Waals surface area contributed by atoms with Gasteiger partial charge in [0.2, 0.25) is 0 Å². The number of benzene rings is 2. The molecule has 0 saturated heterocycles. The Hall–Kier alpha value is -3.27. The standard InChI is InChI=1S/C30H34N2O2.2C2H6/c1-7-16-30(6,26(8-2)34-21(5)17-20(4)33)25-15-11-14-23-22-12-9-10-13-24(22)28-29(27(23)25)31-18-19(3)32-28;2*1-2/h7,9-14,16-18,25-26H,8,15H2,1-6H3;2*1-2H3/b16-7?,21-17-;;. The Morgan fingerprint density at radius 3 is 2.39 bits per heavy atom. The van der Waals surface area contributed by atoms with Crippen molar-refractivity contribution < 1.29 is 9.53 Å². The summed E-state index contributed by atoms with van der Waals surface area (Å²) in [6.45, 7) is 19.9. The minimum Gasteiger partial charge on any atom is -0.494 e. The van der Waals surface area contributed by atoms with Gasteiger partial charge < -0.3 is 4.74 Å². The fraction of sp³-hybridized carbons (Fsp3) is 0.441. The first-order valence-electron chi connectivity index (χ1n) is 14.1. The topological polar surface area (TPSA) is 52.1 Å². The Balaban J connectivity index is 0.00000121. The Morgan fingerprint density at radius 2 is 1.79 bits per heavy atom. The fourth-order valence-corrected chi connectivity index (χ4v) is 5.60. The molecule has 1 heterocycles. The Labute approximate surface area is 229 Å². The van der Waals surface area contributed by atoms with E-state index < -0.39 is 0 Å². The molecule has 3 aromatic rings. The molecule has 0 amide bonds. The van der Waals surface area contributed by atoms with Crippen LogP contribution in [0.5, 0.6) is 0 Å². The summed E-state index contributed by atoms with van der Waals surface area (Å²) >= 11 is 0. The molecule has 3 atom stereocenters. The molecule has 38 heavy (non-hydrogen) atoms. The van der Waals surface area contributed by atoms with Gasteiger partial charge in [0.15, 0.2) is 5.78 Å². The number of nitrogens with zero attached hydrogens (tertiary/aromatic N) is 2. The second-order valence-corrected chi connectivity index (χ2v) is 9.52. The van der Waals surface area contributed by atoms with Crippen LogP contribution >= 0.6 is 0 Å². The zero-order valence-electron chi connectivity index (χ0n) is 25.1. The maximum Gasteiger partial charge on any atom is 0.155 e. The van der Waals surface area contributed by atoms with E-state index in [2.05, 4.69) is 69.3 Å². The average molecular weight is 515 g/mol. The number of aromatic nitrogens is 2. The molecule has 0 radical (unpaired) electrons. The highest BCUT2D eigenvalue weighted by Gasteiger charge is 2.43. The molecule has 0 fully saturated rings. The van der Waals surface area contributed by atoms with Gasteiger partial charge in [0, 0.05) is 29.0 Å². The molecular weight excluding hydrogens is 468 g/mol. The number of rotatable bonds is 7. The van der Waals surface area contributed by atoms with E-state index in [0.717, 1.165) is 35.0 Å². The lowest BCUT2D eigenvalue weighted by Gasteiger charge is -2.43. The van der Waals surface area contributed by atoms with E-state index >= 15 is 0 Å². The number of ether oxygens (including phenoxy) is 1. The second kappa shape index (κ2) is 14.0. The highest BCUT2D eigenvalue weighted by atomic mass is 16.5. The smallest absolute Gasteiger partial charge is 0.155 e. The van der Waals surface area contributed by atoms with E-state index in [9.17, 15) is 4.79 Å². The number of hydrogen-bond acceptors (Lipinski definition) is 4. The van der Waals surface area contributed by atoms with E-state index in [1.54, 1.807) is 13.0 Å². The molecule has 1 aliphatic rings. The first-order valence-corrected chi connectivity index (χ1v) is 14.1. The van der Waals surface area contributed by atoms with E-state index in [-0.39, 0.29) is 23.2 Å². The van der Waals surface area contributed by atoms with Crippen LogP contribution in [0.3, 0.4) is 0 Å². The van der Waals surface area contributed by atoms with Gasteiger partial charge in [-0.15, -0.1) is 0 Å². The molecule has 1 aliphatic carbocycles. The van der Waals surface area contributed by atoms with Crippen LogP contribution in [-0.2, 0) is 9.53 Å². The molecule has 0 saturated carbocycles. The van der Waals surface area contributed by atoms with Gasteiger partial charge in [0.25, 0.3) is 0 Å². The lowest BCUT2D eigenvalue weighted by atomic mass is 9.64. The quantitative estimate of drug-likeness (QED) is 0.136. The molecule has 204 valence electrons. The monoisotopic (exact) mass is 514 g/mol. The van der Waals surface area contributed by atoms with E-state index in [1.807, 2.05) is 47.7 Å². The third-order valence-electron chi connectivity index (χ3n) is 6.99. The molecule has 0 spiro atoms. The van der Waals surface area contributed by atoms with Crippen LogP contribution in [0, 0.1) is 12.3 Å². The lowest BCUT2D eigenvalue weighted by molar-refractivity contribution is -0.113. The molecule has 2 aromatic carbocycles. The van der Waals surface area contributed by atoms with Crippen molar-refractivity contribution in [2.45, 2.75) is 94.1 Å². The van der Waals surface area contributed by atoms with Crippen molar-refractivity contribution in [2.75, 3.05) is 0 Å². The summed E-state index contributed by atoms with van der Waals surface area (Å²) in [5, 5.41) is 2.34. The molecule has 3 unspecified atom stereocenters. The van der Waals surface area contributed by atoms with Crippen molar-refractivity contribution in [3.63, 3.8) is 0 Å². The van der Waals surface area contributed by atoms with E-state index in [0.29, 0.717) is 5.76 Å². The molecule has 0 aliphatic heterocycles. The molecule has 4 rings (SSSR count). The van der Waals surface area contributed by atoms with Gasteiger partial charge in [0.05, 0.1) is 22.5 Å². The minimum absolute atomic E-state index is 0.00542. The first-order chi connectivity index (χ1) is 18.3. The highest BCUT2D eigenvalue weighted by molar-refractivity contribution is 6.10. The largest absolute Gasteiger partial charge is 0.494 e. The summed E-state index contributed by atoms with van der Waals surface area (Å²) in [6, 6.07) is 8.48. The predicted molar refractivity (Wildman–Crippen MR) is 163 cm³/mol. The van der Waals surface area contributed by atoms with E-state index in [4.69, 9.17) is 14.7 Å². The van der Waals surface area contributed by atoms with Crippen LogP contribution in [0.15, 0.2) is 60.5 Å². The summed E-state index contributed by atoms with van der Waals surface area (Å²) in [5.41, 5.74) is 4.97. The van der Waals surface area contributed by atoms with Crippen LogP contribution in [-0.4, -0.2) is 21.9 Å². The Kier molecular flexibility index (Phi) is 11.4. The number of fused-ring (bicyclic) bond motifs is 6. The van der Waals surface area contributed by atoms with Crippen LogP contribution in [0.25, 0.3) is 27.9 Å². The van der Waals surface area contributed by atoms with Gasteiger partial charge in [-0.1, -0.05) is 90.1 Å². The molecule has 4 heteroatoms. The number of hydrogen-bond donors (Lipinski definition) is 0. The normalized spacial score (nSPS) is 17.1. The van der Waals surface area contributed by atoms with Crippen molar-refractivity contribution in [1.82, 2.24) is 9.97 Å². The van der Waals surface area contributed by atoms with Gasteiger partial charge in [-0.2, -0.15) is 0 Å². The average Bonchev–Trinajstić information content (AvgIpc) is 2.93. The van der Waals surface area contributed by atoms with E-state index in [1.165, 1.54) is 16.5 Å². The van der Waals surface area contributed by atoms with Gasteiger partial charge in [0.1, 0.15) is 6.10 Å². The number of carbonyl (C=O) groups excluding carboxylic acids is 1. The second-order valence-electron chi connectivity index (χ2n) is 9.52. The lowest BCUT2D eigenvalue weighted by Crippen LogP contribution is -2.39. The number of ketones is 1. The van der Waals surface area contributed by atoms with Crippen molar-refractivity contribution in [2.24, 2.45) is 5.41 Å². The minimum atomic E-state index is -0.323. The Bertz CT molecular complexity index is 1340. The van der Waals surface area contributed by atoms with Gasteiger partial charge in [-0.3, -0.25) is 9.78 Å². The third-order valence-corrected chi connectivity index (χ3v) is 6.99. The molecule has 0 N–H and O–H groups in total. The van der Waals surface area contributed by atoms with Crippen LogP contribution < -0.4 is 0 Å². The zero-order valence-corrected chi connectivity index (χ0v) is 25.1. The van der Waals surface area contributed by atoms with Gasteiger partial charge >= 0.3 is 0 Å². The predicted octanol–water partition coefficient (Wildman–Crippen LogP) is 9.51. The zero-order chi connectivity index (χ0) is 28.5. The maximum absolute atomic E-state index is 11.7. The number of aryl methyl sites for hydroxylation is 1. The third kappa shape index (κ3) is 6.23. The van der Waals surface area contributed by atoms with Gasteiger partial charge in [-0.25, -0.2) is 4.98 Å². The summed E-state index contributed by atoms with van der Waals surface area (Å²) in [6.07, 6.45) is 13.9. The molecule has 1 aromatic heterocycles. The highest BCUT2D eigenvalue weighted by Crippen LogP contribution is 2.51. The maximum atomic E-state index is 11.7. The van der Waals surface area contributed by atoms with Crippen LogP contribution in [0.1, 0.15) is 97.9 Å². The van der Waals surface area contributed by atoms with Crippen LogP contribution in [0.2, 0.25) is 0 Å². The van der Waals surface area contributed by atoms with Crippen molar-refractivity contribution in [1.29, 1.82) is 0 Å². The van der Waals surface area contributed by atoms with Crippen LogP contribution in [0.4, 0.5) is 0 Å². The summed E-state index contributed by atoms with van der Waals surface area (Å²) in [5.74, 6) is 0.789. The Morgan fingerprint density at radius 1 is 1.13 bits per heavy atom. The summed E-state index contributed by atoms with van der Waals surface area (Å²) in [7, 11) is 0. The van der Waals surface area contributed by atoms with Crippen molar-refractivity contribution in [3.05, 3.63) is 77.3 Å². The molecule has 4 nitrogen and oxygen atoms in total. The first kappa shape index (κ1) is 31.0. The van der Waals surface area contributed by atoms with Gasteiger partial charge in [-0.05, 0) is 57.0 Å². The SMILES string of the molecule is CC.CC.CC=CC(C)(C(CC)O/C(C)=C\C(C)=O)C1CC=Cc2c1c1ncc(C)nc1c1ccccc21. The number of allylic oxidation sites excluding steroid dienone is 4. The summed E-state index contributed by atoms with van der Waals surface area (Å²) in [4.78, 5) is 21.5. The molecular formula is C34H46N2O2. The number of carbonyl (C=O) groups is 1. The molecule has 0 bridgehead atoms. The summed E-state index contributed by atoms with van der Waals surface area (Å²) < 4.78 is 6.44. The van der Waals surface area contributed by atoms with Crippen molar-refractivity contribution in [3.8, 4) is 0 Å². The van der Waals surface area contributed by atoms with Crippen molar-refractivity contribution >= 4 is 33.7 Å².